The van der Waals surface area contributed by atoms with Gasteiger partial charge in [0, 0.05) is 0 Å². The number of pyridine rings is 1. The molecule has 0 spiro atoms. The molecule has 0 saturated heterocycles. The average molecular weight is 198 g/mol. The predicted molar refractivity (Wildman–Crippen MR) is 53.2 cm³/mol. The van der Waals surface area contributed by atoms with Crippen LogP contribution in [0.1, 0.15) is 0 Å². The summed E-state index contributed by atoms with van der Waals surface area (Å²) >= 11 is 0. The molecule has 0 aliphatic rings. The van der Waals surface area contributed by atoms with Crippen LogP contribution in [0.3, 0.4) is 0 Å². The zero-order chi connectivity index (χ0) is 10.1. The molecule has 1 N–H and O–H groups in total. The SMILES string of the molecule is c1cc[n+](-c2ncc3[nH]cnc3n2)cc1. The summed E-state index contributed by atoms with van der Waals surface area (Å²) in [6.07, 6.45) is 7.13. The van der Waals surface area contributed by atoms with Crippen LogP contribution in [0, 0.1) is 0 Å². The zero-order valence-electron chi connectivity index (χ0n) is 7.83. The summed E-state index contributed by atoms with van der Waals surface area (Å²) in [6.45, 7) is 0. The maximum Gasteiger partial charge on any atom is 0.439 e. The summed E-state index contributed by atoms with van der Waals surface area (Å²) in [5.41, 5.74) is 1.52. The number of nitrogens with one attached hydrogen (secondary N) is 1. The second-order valence-electron chi connectivity index (χ2n) is 3.09. The van der Waals surface area contributed by atoms with Crippen molar-refractivity contribution >= 4 is 11.2 Å². The molecule has 3 aromatic heterocycles. The summed E-state index contributed by atoms with van der Waals surface area (Å²) in [4.78, 5) is 15.6. The van der Waals surface area contributed by atoms with E-state index in [9.17, 15) is 0 Å². The summed E-state index contributed by atoms with van der Waals surface area (Å²) in [5, 5.41) is 0. The molecule has 0 bridgehead atoms. The predicted octanol–water partition coefficient (Wildman–Crippen LogP) is 0.630. The number of aromatic nitrogens is 5. The zero-order valence-corrected chi connectivity index (χ0v) is 7.83. The van der Waals surface area contributed by atoms with Crippen molar-refractivity contribution in [1.82, 2.24) is 19.9 Å². The van der Waals surface area contributed by atoms with E-state index >= 15 is 0 Å². The number of aromatic amines is 1. The van der Waals surface area contributed by atoms with Gasteiger partial charge in [0.2, 0.25) is 0 Å². The fourth-order valence-electron chi connectivity index (χ4n) is 1.38. The van der Waals surface area contributed by atoms with E-state index in [1.54, 1.807) is 12.5 Å². The number of rotatable bonds is 1. The first-order valence-corrected chi connectivity index (χ1v) is 4.56. The molecule has 72 valence electrons. The van der Waals surface area contributed by atoms with Crippen LogP contribution in [0.2, 0.25) is 0 Å². The second kappa shape index (κ2) is 3.13. The van der Waals surface area contributed by atoms with Gasteiger partial charge >= 0.3 is 5.95 Å². The highest BCUT2D eigenvalue weighted by molar-refractivity contribution is 5.68. The van der Waals surface area contributed by atoms with Crippen molar-refractivity contribution < 1.29 is 4.57 Å². The van der Waals surface area contributed by atoms with Crippen LogP contribution < -0.4 is 4.57 Å². The van der Waals surface area contributed by atoms with Crippen molar-refractivity contribution in [2.24, 2.45) is 0 Å². The minimum Gasteiger partial charge on any atom is -0.339 e. The first-order chi connectivity index (χ1) is 7.43. The Morgan fingerprint density at radius 1 is 1.07 bits per heavy atom. The van der Waals surface area contributed by atoms with Crippen LogP contribution in [-0.4, -0.2) is 19.9 Å². The van der Waals surface area contributed by atoms with Gasteiger partial charge in [0.05, 0.1) is 18.7 Å². The number of nitrogens with zero attached hydrogens (tertiary/aromatic N) is 4. The molecule has 0 aliphatic carbocycles. The lowest BCUT2D eigenvalue weighted by Crippen LogP contribution is -2.31. The molecule has 0 aromatic carbocycles. The number of hydrogen-bond acceptors (Lipinski definition) is 3. The van der Waals surface area contributed by atoms with Crippen molar-refractivity contribution in [2.75, 3.05) is 0 Å². The Labute approximate surface area is 85.5 Å². The molecule has 5 nitrogen and oxygen atoms in total. The molecule has 0 aliphatic heterocycles. The summed E-state index contributed by atoms with van der Waals surface area (Å²) in [6, 6.07) is 5.81. The van der Waals surface area contributed by atoms with E-state index in [0.29, 0.717) is 11.6 Å². The molecular weight excluding hydrogens is 190 g/mol. The largest absolute Gasteiger partial charge is 0.439 e. The fourth-order valence-corrected chi connectivity index (χ4v) is 1.38. The summed E-state index contributed by atoms with van der Waals surface area (Å²) < 4.78 is 1.84. The van der Waals surface area contributed by atoms with Crippen LogP contribution in [0.5, 0.6) is 0 Å². The van der Waals surface area contributed by atoms with E-state index in [0.717, 1.165) is 5.52 Å². The molecule has 0 atom stereocenters. The standard InChI is InChI=1S/C10H8N5/c1-2-4-15(5-3-1)10-11-6-8-9(14-10)13-7-12-8/h1-7H,(H,11,12,13,14)/q+1. The van der Waals surface area contributed by atoms with Gasteiger partial charge in [-0.15, -0.1) is 0 Å². The van der Waals surface area contributed by atoms with E-state index in [1.165, 1.54) is 0 Å². The number of imidazole rings is 1. The highest BCUT2D eigenvalue weighted by atomic mass is 15.2. The molecule has 15 heavy (non-hydrogen) atoms. The Bertz CT molecular complexity index is 587. The number of fused-ring (bicyclic) bond motifs is 1. The Balaban J connectivity index is 2.19. The van der Waals surface area contributed by atoms with Crippen molar-refractivity contribution in [2.45, 2.75) is 0 Å². The van der Waals surface area contributed by atoms with Crippen LogP contribution in [0.25, 0.3) is 17.1 Å². The van der Waals surface area contributed by atoms with Gasteiger partial charge in [-0.25, -0.2) is 9.55 Å². The van der Waals surface area contributed by atoms with E-state index in [-0.39, 0.29) is 0 Å². The van der Waals surface area contributed by atoms with Crippen molar-refractivity contribution in [3.63, 3.8) is 0 Å². The lowest BCUT2D eigenvalue weighted by molar-refractivity contribution is -0.603. The smallest absolute Gasteiger partial charge is 0.339 e. The topological polar surface area (TPSA) is 58.3 Å². The highest BCUT2D eigenvalue weighted by Gasteiger charge is 2.11. The van der Waals surface area contributed by atoms with Gasteiger partial charge in [0.1, 0.15) is 11.7 Å². The molecule has 0 unspecified atom stereocenters. The van der Waals surface area contributed by atoms with Crippen LogP contribution in [0.15, 0.2) is 43.1 Å². The van der Waals surface area contributed by atoms with Crippen LogP contribution >= 0.6 is 0 Å². The van der Waals surface area contributed by atoms with Gasteiger partial charge in [-0.05, 0) is 17.1 Å². The molecule has 5 heteroatoms. The fraction of sp³-hybridized carbons (Fsp3) is 0. The van der Waals surface area contributed by atoms with Gasteiger partial charge in [-0.3, -0.25) is 0 Å². The lowest BCUT2D eigenvalue weighted by atomic mass is 10.5. The molecule has 3 rings (SSSR count). The molecule has 3 aromatic rings. The van der Waals surface area contributed by atoms with Gasteiger partial charge in [0.25, 0.3) is 5.65 Å². The Morgan fingerprint density at radius 2 is 1.93 bits per heavy atom. The summed E-state index contributed by atoms with van der Waals surface area (Å²) in [5.74, 6) is 0.621. The highest BCUT2D eigenvalue weighted by Crippen LogP contribution is 2.03. The maximum absolute atomic E-state index is 4.31. The van der Waals surface area contributed by atoms with E-state index in [4.69, 9.17) is 0 Å². The van der Waals surface area contributed by atoms with E-state index in [2.05, 4.69) is 19.9 Å². The van der Waals surface area contributed by atoms with Crippen molar-refractivity contribution in [1.29, 1.82) is 0 Å². The third kappa shape index (κ3) is 1.34. The average Bonchev–Trinajstić information content (AvgIpc) is 2.77. The molecule has 0 amide bonds. The first kappa shape index (κ1) is 8.05. The molecule has 0 radical (unpaired) electrons. The molecular formula is C10H8N5+. The monoisotopic (exact) mass is 198 g/mol. The van der Waals surface area contributed by atoms with Crippen molar-refractivity contribution in [3.05, 3.63) is 43.1 Å². The van der Waals surface area contributed by atoms with Gasteiger partial charge < -0.3 is 4.98 Å². The molecule has 3 heterocycles. The molecule has 0 saturated carbocycles. The van der Waals surface area contributed by atoms with Gasteiger partial charge in [0.15, 0.2) is 0 Å². The first-order valence-electron chi connectivity index (χ1n) is 4.56. The van der Waals surface area contributed by atoms with Crippen LogP contribution in [-0.2, 0) is 0 Å². The lowest BCUT2D eigenvalue weighted by Gasteiger charge is -1.92. The van der Waals surface area contributed by atoms with Gasteiger partial charge in [-0.2, -0.15) is 0 Å². The quantitative estimate of drug-likeness (QED) is 0.583. The Kier molecular flexibility index (Phi) is 1.68. The van der Waals surface area contributed by atoms with E-state index in [1.807, 2.05) is 35.2 Å². The minimum atomic E-state index is 0.621. The number of hydrogen-bond donors (Lipinski definition) is 1. The van der Waals surface area contributed by atoms with Gasteiger partial charge in [-0.1, -0.05) is 11.1 Å². The normalized spacial score (nSPS) is 10.7. The number of H-pyrrole nitrogens is 1. The summed E-state index contributed by atoms with van der Waals surface area (Å²) in [7, 11) is 0. The Hall–Kier alpha value is -2.30. The Morgan fingerprint density at radius 3 is 2.80 bits per heavy atom. The third-order valence-electron chi connectivity index (χ3n) is 2.11. The minimum absolute atomic E-state index is 0.621. The van der Waals surface area contributed by atoms with Crippen LogP contribution in [0.4, 0.5) is 0 Å². The third-order valence-corrected chi connectivity index (χ3v) is 2.11. The van der Waals surface area contributed by atoms with E-state index < -0.39 is 0 Å². The van der Waals surface area contributed by atoms with Crippen molar-refractivity contribution in [3.8, 4) is 5.95 Å². The maximum atomic E-state index is 4.31. The molecule has 0 fully saturated rings. The second-order valence-corrected chi connectivity index (χ2v) is 3.09.